The fraction of sp³-hybridized carbons (Fsp3) is 0.0909. The number of terminal acetylenes is 1. The second-order valence-electron chi connectivity index (χ2n) is 3.03. The minimum absolute atomic E-state index is 0.125. The fourth-order valence-corrected chi connectivity index (χ4v) is 1.32. The van der Waals surface area contributed by atoms with Gasteiger partial charge in [-0.2, -0.15) is 0 Å². The van der Waals surface area contributed by atoms with Gasteiger partial charge in [-0.25, -0.2) is 4.68 Å². The van der Waals surface area contributed by atoms with Crippen LogP contribution in [-0.4, -0.2) is 14.8 Å². The van der Waals surface area contributed by atoms with Crippen molar-refractivity contribution in [2.45, 2.75) is 6.54 Å². The smallest absolute Gasteiger partial charge is 0.267 e. The number of rotatable bonds is 2. The lowest BCUT2D eigenvalue weighted by Crippen LogP contribution is -2.14. The molecule has 1 N–H and O–H groups in total. The Morgan fingerprint density at radius 1 is 1.47 bits per heavy atom. The third-order valence-corrected chi connectivity index (χ3v) is 2.03. The number of nitrogens with one attached hydrogen (secondary N) is 1. The average Bonchev–Trinajstić information content (AvgIpc) is 2.63. The van der Waals surface area contributed by atoms with E-state index in [-0.39, 0.29) is 12.1 Å². The van der Waals surface area contributed by atoms with Crippen molar-refractivity contribution < 1.29 is 0 Å². The van der Waals surface area contributed by atoms with Gasteiger partial charge in [-0.1, -0.05) is 5.92 Å². The lowest BCUT2D eigenvalue weighted by atomic mass is 10.2. The SMILES string of the molecule is C#CCn1[nH]c(-c2ccncc2)cc1=O. The fourth-order valence-electron chi connectivity index (χ4n) is 1.32. The highest BCUT2D eigenvalue weighted by atomic mass is 16.1. The summed E-state index contributed by atoms with van der Waals surface area (Å²) in [5.74, 6) is 2.41. The van der Waals surface area contributed by atoms with Gasteiger partial charge in [0.2, 0.25) is 0 Å². The third kappa shape index (κ3) is 1.81. The monoisotopic (exact) mass is 199 g/mol. The van der Waals surface area contributed by atoms with E-state index in [2.05, 4.69) is 16.0 Å². The van der Waals surface area contributed by atoms with Crippen molar-refractivity contribution >= 4 is 0 Å². The van der Waals surface area contributed by atoms with E-state index >= 15 is 0 Å². The molecule has 0 aromatic carbocycles. The molecule has 0 unspecified atom stereocenters. The molecular formula is C11H9N3O. The number of hydrogen-bond acceptors (Lipinski definition) is 2. The van der Waals surface area contributed by atoms with Crippen LogP contribution >= 0.6 is 0 Å². The molecule has 4 nitrogen and oxygen atoms in total. The molecule has 0 aliphatic rings. The van der Waals surface area contributed by atoms with E-state index in [1.807, 2.05) is 12.1 Å². The predicted molar refractivity (Wildman–Crippen MR) is 57.1 cm³/mol. The maximum absolute atomic E-state index is 11.4. The summed E-state index contributed by atoms with van der Waals surface area (Å²) in [5.41, 5.74) is 1.54. The highest BCUT2D eigenvalue weighted by Crippen LogP contribution is 2.12. The molecule has 74 valence electrons. The molecule has 0 spiro atoms. The van der Waals surface area contributed by atoms with Crippen molar-refractivity contribution in [1.29, 1.82) is 0 Å². The van der Waals surface area contributed by atoms with Gasteiger partial charge in [0.05, 0.1) is 5.69 Å². The lowest BCUT2D eigenvalue weighted by Gasteiger charge is -1.96. The molecular weight excluding hydrogens is 190 g/mol. The van der Waals surface area contributed by atoms with E-state index in [0.717, 1.165) is 11.3 Å². The topological polar surface area (TPSA) is 50.7 Å². The largest absolute Gasteiger partial charge is 0.294 e. The number of aromatic amines is 1. The zero-order valence-corrected chi connectivity index (χ0v) is 7.97. The normalized spacial score (nSPS) is 9.80. The number of H-pyrrole nitrogens is 1. The first kappa shape index (κ1) is 9.28. The molecule has 2 heterocycles. The Bertz CT molecular complexity index is 545. The maximum Gasteiger partial charge on any atom is 0.267 e. The maximum atomic E-state index is 11.4. The van der Waals surface area contributed by atoms with Crippen LogP contribution in [0.5, 0.6) is 0 Å². The van der Waals surface area contributed by atoms with Crippen LogP contribution in [0.25, 0.3) is 11.3 Å². The molecule has 0 saturated heterocycles. The van der Waals surface area contributed by atoms with Crippen molar-refractivity contribution in [3.05, 3.63) is 40.9 Å². The van der Waals surface area contributed by atoms with E-state index in [1.165, 1.54) is 10.7 Å². The minimum Gasteiger partial charge on any atom is -0.294 e. The van der Waals surface area contributed by atoms with Crippen LogP contribution in [0.1, 0.15) is 0 Å². The Labute approximate surface area is 86.6 Å². The quantitative estimate of drug-likeness (QED) is 0.730. The molecule has 0 amide bonds. The zero-order chi connectivity index (χ0) is 10.7. The summed E-state index contributed by atoms with van der Waals surface area (Å²) in [6.07, 6.45) is 8.48. The summed E-state index contributed by atoms with van der Waals surface area (Å²) in [6.45, 7) is 0.254. The Balaban J connectivity index is 2.44. The summed E-state index contributed by atoms with van der Waals surface area (Å²) in [6, 6.07) is 5.17. The van der Waals surface area contributed by atoms with Gasteiger partial charge in [0, 0.05) is 24.0 Å². The Morgan fingerprint density at radius 3 is 2.87 bits per heavy atom. The van der Waals surface area contributed by atoms with Crippen LogP contribution in [0, 0.1) is 12.3 Å². The third-order valence-electron chi connectivity index (χ3n) is 2.03. The summed E-state index contributed by atoms with van der Waals surface area (Å²) in [5, 5.41) is 2.93. The van der Waals surface area contributed by atoms with Crippen molar-refractivity contribution in [3.63, 3.8) is 0 Å². The van der Waals surface area contributed by atoms with E-state index in [0.29, 0.717) is 0 Å². The van der Waals surface area contributed by atoms with Gasteiger partial charge in [0.15, 0.2) is 0 Å². The number of aromatic nitrogens is 3. The molecule has 0 fully saturated rings. The molecule has 0 bridgehead atoms. The Hall–Kier alpha value is -2.28. The van der Waals surface area contributed by atoms with Crippen LogP contribution < -0.4 is 5.56 Å². The second-order valence-corrected chi connectivity index (χ2v) is 3.03. The average molecular weight is 199 g/mol. The number of hydrogen-bond donors (Lipinski definition) is 1. The van der Waals surface area contributed by atoms with Crippen molar-refractivity contribution in [2.24, 2.45) is 0 Å². The first-order chi connectivity index (χ1) is 7.31. The van der Waals surface area contributed by atoms with Crippen LogP contribution in [0.3, 0.4) is 0 Å². The summed E-state index contributed by atoms with van der Waals surface area (Å²) in [7, 11) is 0. The van der Waals surface area contributed by atoms with E-state index < -0.39 is 0 Å². The minimum atomic E-state index is -0.125. The van der Waals surface area contributed by atoms with Crippen molar-refractivity contribution in [3.8, 4) is 23.6 Å². The first-order valence-corrected chi connectivity index (χ1v) is 4.45. The molecule has 2 aromatic heterocycles. The highest BCUT2D eigenvalue weighted by Gasteiger charge is 2.03. The molecule has 0 saturated carbocycles. The van der Waals surface area contributed by atoms with Gasteiger partial charge >= 0.3 is 0 Å². The summed E-state index contributed by atoms with van der Waals surface area (Å²) < 4.78 is 1.38. The van der Waals surface area contributed by atoms with E-state index in [1.54, 1.807) is 12.4 Å². The van der Waals surface area contributed by atoms with Gasteiger partial charge in [-0.3, -0.25) is 14.9 Å². The molecule has 15 heavy (non-hydrogen) atoms. The van der Waals surface area contributed by atoms with Crippen molar-refractivity contribution in [1.82, 2.24) is 14.8 Å². The standard InChI is InChI=1S/C11H9N3O/c1-2-7-14-11(15)8-10(13-14)9-3-5-12-6-4-9/h1,3-6,8,13H,7H2. The van der Waals surface area contributed by atoms with E-state index in [9.17, 15) is 4.79 Å². The second kappa shape index (κ2) is 3.84. The van der Waals surface area contributed by atoms with Gasteiger partial charge in [0.1, 0.15) is 6.54 Å². The molecule has 2 aromatic rings. The highest BCUT2D eigenvalue weighted by molar-refractivity contribution is 5.57. The summed E-state index contributed by atoms with van der Waals surface area (Å²) >= 11 is 0. The van der Waals surface area contributed by atoms with Gasteiger partial charge in [0.25, 0.3) is 5.56 Å². The van der Waals surface area contributed by atoms with Crippen LogP contribution in [0.4, 0.5) is 0 Å². The molecule has 0 aliphatic heterocycles. The number of pyridine rings is 1. The van der Waals surface area contributed by atoms with E-state index in [4.69, 9.17) is 6.42 Å². The molecule has 0 aliphatic carbocycles. The van der Waals surface area contributed by atoms with Gasteiger partial charge in [-0.05, 0) is 12.1 Å². The first-order valence-electron chi connectivity index (χ1n) is 4.45. The molecule has 0 radical (unpaired) electrons. The van der Waals surface area contributed by atoms with Gasteiger partial charge < -0.3 is 0 Å². The Morgan fingerprint density at radius 2 is 2.20 bits per heavy atom. The summed E-state index contributed by atoms with van der Waals surface area (Å²) in [4.78, 5) is 15.3. The Kier molecular flexibility index (Phi) is 2.38. The molecule has 0 atom stereocenters. The lowest BCUT2D eigenvalue weighted by molar-refractivity contribution is 0.693. The van der Waals surface area contributed by atoms with Crippen LogP contribution in [0.2, 0.25) is 0 Å². The molecule has 2 rings (SSSR count). The van der Waals surface area contributed by atoms with Crippen molar-refractivity contribution in [2.75, 3.05) is 0 Å². The number of nitrogens with zero attached hydrogens (tertiary/aromatic N) is 2. The predicted octanol–water partition coefficient (Wildman–Crippen LogP) is 0.872. The van der Waals surface area contributed by atoms with Crippen LogP contribution in [0.15, 0.2) is 35.4 Å². The van der Waals surface area contributed by atoms with Crippen LogP contribution in [-0.2, 0) is 6.54 Å². The van der Waals surface area contributed by atoms with Gasteiger partial charge in [-0.15, -0.1) is 6.42 Å². The molecule has 4 heteroatoms. The zero-order valence-electron chi connectivity index (χ0n) is 7.97.